The fourth-order valence-corrected chi connectivity index (χ4v) is 2.92. The van der Waals surface area contributed by atoms with Gasteiger partial charge in [-0.1, -0.05) is 28.3 Å². The van der Waals surface area contributed by atoms with E-state index in [-0.39, 0.29) is 0 Å². The Morgan fingerprint density at radius 1 is 1.47 bits per heavy atom. The highest BCUT2D eigenvalue weighted by molar-refractivity contribution is 8.00. The molecule has 0 amide bonds. The maximum Gasteiger partial charge on any atom is 0.237 e. The van der Waals surface area contributed by atoms with Gasteiger partial charge in [-0.2, -0.15) is 4.98 Å². The lowest BCUT2D eigenvalue weighted by Crippen LogP contribution is -1.99. The number of anilines is 1. The van der Waals surface area contributed by atoms with Crippen molar-refractivity contribution in [3.63, 3.8) is 0 Å². The van der Waals surface area contributed by atoms with Crippen molar-refractivity contribution in [2.45, 2.75) is 35.9 Å². The van der Waals surface area contributed by atoms with Crippen molar-refractivity contribution in [2.75, 3.05) is 5.32 Å². The predicted molar refractivity (Wildman–Crippen MR) is 65.1 cm³/mol. The van der Waals surface area contributed by atoms with Crippen LogP contribution >= 0.6 is 23.1 Å². The standard InChI is InChI=1S/C9H11N5OS2/c1-5-10-7(15-14-5)4-16-9-13-12-8(17-9)11-6-2-3-6/h6H,2-4H2,1H3,(H,11,12). The Bertz CT molecular complexity index is 507. The van der Waals surface area contributed by atoms with Crippen molar-refractivity contribution in [1.82, 2.24) is 20.3 Å². The molecule has 1 aliphatic rings. The van der Waals surface area contributed by atoms with Crippen LogP contribution in [0.1, 0.15) is 24.6 Å². The van der Waals surface area contributed by atoms with Gasteiger partial charge in [0.05, 0.1) is 5.75 Å². The summed E-state index contributed by atoms with van der Waals surface area (Å²) in [6.45, 7) is 1.81. The van der Waals surface area contributed by atoms with Gasteiger partial charge in [0.25, 0.3) is 0 Å². The third-order valence-corrected chi connectivity index (χ3v) is 4.17. The van der Waals surface area contributed by atoms with Crippen molar-refractivity contribution in [1.29, 1.82) is 0 Å². The molecule has 17 heavy (non-hydrogen) atoms. The number of aryl methyl sites for hydroxylation is 1. The highest BCUT2D eigenvalue weighted by Crippen LogP contribution is 2.31. The molecular weight excluding hydrogens is 258 g/mol. The largest absolute Gasteiger partial charge is 0.357 e. The Labute approximate surface area is 106 Å². The van der Waals surface area contributed by atoms with E-state index in [9.17, 15) is 0 Å². The molecule has 8 heteroatoms. The van der Waals surface area contributed by atoms with E-state index < -0.39 is 0 Å². The van der Waals surface area contributed by atoms with Gasteiger partial charge in [-0.25, -0.2) is 0 Å². The number of nitrogens with one attached hydrogen (secondary N) is 1. The first-order chi connectivity index (χ1) is 8.29. The van der Waals surface area contributed by atoms with Gasteiger partial charge in [0.2, 0.25) is 11.0 Å². The van der Waals surface area contributed by atoms with E-state index in [1.54, 1.807) is 30.0 Å². The van der Waals surface area contributed by atoms with Crippen LogP contribution in [0, 0.1) is 6.92 Å². The number of rotatable bonds is 5. The van der Waals surface area contributed by atoms with Crippen LogP contribution in [0.15, 0.2) is 8.86 Å². The number of hydrogen-bond donors (Lipinski definition) is 1. The summed E-state index contributed by atoms with van der Waals surface area (Å²) in [7, 11) is 0. The van der Waals surface area contributed by atoms with Gasteiger partial charge in [0.15, 0.2) is 10.2 Å². The summed E-state index contributed by atoms with van der Waals surface area (Å²) in [6, 6.07) is 0.611. The molecule has 2 aromatic rings. The van der Waals surface area contributed by atoms with Gasteiger partial charge in [-0.15, -0.1) is 10.2 Å². The van der Waals surface area contributed by atoms with Crippen molar-refractivity contribution >= 4 is 28.2 Å². The first-order valence-electron chi connectivity index (χ1n) is 5.31. The van der Waals surface area contributed by atoms with Crippen LogP contribution in [0.4, 0.5) is 5.13 Å². The van der Waals surface area contributed by atoms with Gasteiger partial charge in [-0.3, -0.25) is 0 Å². The van der Waals surface area contributed by atoms with Crippen LogP contribution in [-0.4, -0.2) is 26.4 Å². The normalized spacial score (nSPS) is 15.1. The first kappa shape index (κ1) is 11.0. The van der Waals surface area contributed by atoms with Gasteiger partial charge >= 0.3 is 0 Å². The van der Waals surface area contributed by atoms with Crippen molar-refractivity contribution in [3.8, 4) is 0 Å². The third kappa shape index (κ3) is 2.95. The molecule has 1 aliphatic carbocycles. The number of aromatic nitrogens is 4. The molecular formula is C9H11N5OS2. The summed E-state index contributed by atoms with van der Waals surface area (Å²) in [5, 5.41) is 16.1. The molecule has 2 heterocycles. The van der Waals surface area contributed by atoms with Crippen LogP contribution < -0.4 is 5.32 Å². The first-order valence-corrected chi connectivity index (χ1v) is 7.12. The molecule has 0 saturated heterocycles. The van der Waals surface area contributed by atoms with E-state index in [1.807, 2.05) is 0 Å². The smallest absolute Gasteiger partial charge is 0.237 e. The lowest BCUT2D eigenvalue weighted by Gasteiger charge is -1.94. The average molecular weight is 269 g/mol. The Morgan fingerprint density at radius 2 is 2.35 bits per heavy atom. The molecule has 0 aromatic carbocycles. The third-order valence-electron chi connectivity index (χ3n) is 2.20. The molecule has 0 atom stereocenters. The predicted octanol–water partition coefficient (Wildman–Crippen LogP) is 2.10. The maximum atomic E-state index is 5.03. The molecule has 0 bridgehead atoms. The quantitative estimate of drug-likeness (QED) is 0.833. The number of nitrogens with zero attached hydrogens (tertiary/aromatic N) is 4. The fraction of sp³-hybridized carbons (Fsp3) is 0.556. The Morgan fingerprint density at radius 3 is 3.06 bits per heavy atom. The molecule has 2 aromatic heterocycles. The van der Waals surface area contributed by atoms with E-state index in [0.717, 1.165) is 9.47 Å². The van der Waals surface area contributed by atoms with Crippen molar-refractivity contribution < 1.29 is 4.52 Å². The Balaban J connectivity index is 1.55. The molecule has 1 saturated carbocycles. The van der Waals surface area contributed by atoms with E-state index in [2.05, 4.69) is 25.7 Å². The van der Waals surface area contributed by atoms with Crippen molar-refractivity contribution in [3.05, 3.63) is 11.7 Å². The second kappa shape index (κ2) is 4.61. The topological polar surface area (TPSA) is 76.7 Å². The molecule has 1 fully saturated rings. The molecule has 0 spiro atoms. The van der Waals surface area contributed by atoms with Crippen LogP contribution in [0.3, 0.4) is 0 Å². The number of hydrogen-bond acceptors (Lipinski definition) is 8. The van der Waals surface area contributed by atoms with Gasteiger partial charge in [-0.05, 0) is 19.8 Å². The zero-order valence-corrected chi connectivity index (χ0v) is 10.8. The summed E-state index contributed by atoms with van der Waals surface area (Å²) in [5.41, 5.74) is 0. The molecule has 1 N–H and O–H groups in total. The van der Waals surface area contributed by atoms with Gasteiger partial charge in [0, 0.05) is 6.04 Å². The lowest BCUT2D eigenvalue weighted by atomic mass is 10.7. The van der Waals surface area contributed by atoms with E-state index in [0.29, 0.717) is 23.5 Å². The lowest BCUT2D eigenvalue weighted by molar-refractivity contribution is 0.387. The molecule has 90 valence electrons. The zero-order valence-electron chi connectivity index (χ0n) is 9.21. The van der Waals surface area contributed by atoms with Crippen LogP contribution in [0.2, 0.25) is 0 Å². The zero-order chi connectivity index (χ0) is 11.7. The van der Waals surface area contributed by atoms with Crippen LogP contribution in [-0.2, 0) is 5.75 Å². The second-order valence-electron chi connectivity index (χ2n) is 3.82. The number of thioether (sulfide) groups is 1. The van der Waals surface area contributed by atoms with E-state index >= 15 is 0 Å². The van der Waals surface area contributed by atoms with E-state index in [4.69, 9.17) is 4.52 Å². The minimum Gasteiger partial charge on any atom is -0.357 e. The summed E-state index contributed by atoms with van der Waals surface area (Å²) >= 11 is 3.13. The molecule has 6 nitrogen and oxygen atoms in total. The van der Waals surface area contributed by atoms with Gasteiger partial charge in [0.1, 0.15) is 0 Å². The highest BCUT2D eigenvalue weighted by Gasteiger charge is 2.22. The minimum atomic E-state index is 0.611. The Kier molecular flexibility index (Phi) is 2.98. The minimum absolute atomic E-state index is 0.611. The summed E-state index contributed by atoms with van der Waals surface area (Å²) in [6.07, 6.45) is 2.48. The molecule has 0 aliphatic heterocycles. The SMILES string of the molecule is Cc1noc(CSc2nnc(NC3CC3)s2)n1. The van der Waals surface area contributed by atoms with Crippen LogP contribution in [0.5, 0.6) is 0 Å². The summed E-state index contributed by atoms with van der Waals surface area (Å²) in [5.74, 6) is 1.92. The van der Waals surface area contributed by atoms with Crippen molar-refractivity contribution in [2.24, 2.45) is 0 Å². The Hall–Kier alpha value is -1.15. The monoisotopic (exact) mass is 269 g/mol. The average Bonchev–Trinajstić information content (AvgIpc) is 2.84. The van der Waals surface area contributed by atoms with E-state index in [1.165, 1.54) is 12.8 Å². The molecule has 0 unspecified atom stereocenters. The van der Waals surface area contributed by atoms with Gasteiger partial charge < -0.3 is 9.84 Å². The molecule has 3 rings (SSSR count). The second-order valence-corrected chi connectivity index (χ2v) is 6.02. The molecule has 0 radical (unpaired) electrons. The summed E-state index contributed by atoms with van der Waals surface area (Å²) < 4.78 is 5.95. The highest BCUT2D eigenvalue weighted by atomic mass is 32.2. The summed E-state index contributed by atoms with van der Waals surface area (Å²) in [4.78, 5) is 4.13. The maximum absolute atomic E-state index is 5.03. The fourth-order valence-electron chi connectivity index (χ4n) is 1.25. The van der Waals surface area contributed by atoms with Crippen LogP contribution in [0.25, 0.3) is 0 Å².